The molecule has 1 aromatic rings. The zero-order valence-electron chi connectivity index (χ0n) is 19.1. The first-order chi connectivity index (χ1) is 16.7. The molecule has 0 bridgehead atoms. The lowest BCUT2D eigenvalue weighted by Crippen LogP contribution is -2.59. The number of benzene rings is 1. The average molecular weight is 512 g/mol. The van der Waals surface area contributed by atoms with Crippen LogP contribution in [0.2, 0.25) is 0 Å². The maximum Gasteiger partial charge on any atom is 0.326 e. The number of hydrogen-bond acceptors (Lipinski definition) is 9. The highest BCUT2D eigenvalue weighted by atomic mass is 16.4. The van der Waals surface area contributed by atoms with E-state index in [2.05, 4.69) is 10.6 Å². The number of hydrogen-bond donors (Lipinski definition) is 9. The lowest BCUT2D eigenvalue weighted by atomic mass is 10.0. The average Bonchev–Trinajstić information content (AvgIpc) is 2.77. The van der Waals surface area contributed by atoms with Gasteiger partial charge in [-0.3, -0.25) is 24.0 Å². The van der Waals surface area contributed by atoms with Gasteiger partial charge in [-0.1, -0.05) is 12.1 Å². The van der Waals surface area contributed by atoms with Gasteiger partial charge in [0.05, 0.1) is 18.9 Å². The molecule has 15 heteroatoms. The summed E-state index contributed by atoms with van der Waals surface area (Å²) < 4.78 is 0. The number of carbonyl (C=O) groups excluding carboxylic acids is 3. The molecule has 0 aliphatic carbocycles. The van der Waals surface area contributed by atoms with Gasteiger partial charge in [0.15, 0.2) is 0 Å². The Labute approximate surface area is 204 Å². The molecule has 0 saturated carbocycles. The normalized spacial score (nSPS) is 14.9. The van der Waals surface area contributed by atoms with Gasteiger partial charge >= 0.3 is 17.9 Å². The Bertz CT molecular complexity index is 981. The van der Waals surface area contributed by atoms with Crippen LogP contribution in [0, 0.1) is 0 Å². The Kier molecular flexibility index (Phi) is 11.3. The van der Waals surface area contributed by atoms with E-state index in [9.17, 15) is 44.1 Å². The number of aliphatic hydroxyl groups is 1. The van der Waals surface area contributed by atoms with Gasteiger partial charge in [0.1, 0.15) is 29.9 Å². The van der Waals surface area contributed by atoms with Crippen LogP contribution in [-0.2, 0) is 35.2 Å². The SMILES string of the molecule is CC(O)C(N)C(=O)NC(CC(=O)O)C(=O)NC(Cc1ccc(O)cc1)C(=O)NC(CC(=O)O)C(=O)O. The molecular weight excluding hydrogens is 484 g/mol. The van der Waals surface area contributed by atoms with Crippen molar-refractivity contribution in [1.82, 2.24) is 16.0 Å². The summed E-state index contributed by atoms with van der Waals surface area (Å²) in [6.45, 7) is 1.20. The van der Waals surface area contributed by atoms with Gasteiger partial charge in [-0.25, -0.2) is 4.79 Å². The lowest BCUT2D eigenvalue weighted by Gasteiger charge is -2.25. The standard InChI is InChI=1S/C21H28N4O11/c1-9(26)17(22)20(34)24-13(7-15(28)29)19(33)23-12(6-10-2-4-11(27)5-3-10)18(32)25-14(21(35)36)8-16(30)31/h2-5,9,12-14,17,26-27H,6-8,22H2,1H3,(H,23,33)(H,24,34)(H,25,32)(H,28,29)(H,30,31)(H,35,36). The minimum atomic E-state index is -1.84. The van der Waals surface area contributed by atoms with Gasteiger partial charge in [0.25, 0.3) is 0 Å². The summed E-state index contributed by atoms with van der Waals surface area (Å²) in [6, 6.07) is -1.26. The summed E-state index contributed by atoms with van der Waals surface area (Å²) in [5.74, 6) is -8.05. The molecule has 0 fully saturated rings. The predicted molar refractivity (Wildman–Crippen MR) is 119 cm³/mol. The molecule has 0 heterocycles. The summed E-state index contributed by atoms with van der Waals surface area (Å²) in [7, 11) is 0. The summed E-state index contributed by atoms with van der Waals surface area (Å²) in [6.07, 6.45) is -3.49. The van der Waals surface area contributed by atoms with Crippen molar-refractivity contribution in [3.8, 4) is 5.75 Å². The molecule has 10 N–H and O–H groups in total. The topological polar surface area (TPSA) is 266 Å². The molecule has 198 valence electrons. The van der Waals surface area contributed by atoms with Gasteiger partial charge in [-0.15, -0.1) is 0 Å². The largest absolute Gasteiger partial charge is 0.508 e. The van der Waals surface area contributed by atoms with Gasteiger partial charge in [0, 0.05) is 6.42 Å². The molecule has 0 spiro atoms. The van der Waals surface area contributed by atoms with E-state index in [0.717, 1.165) is 0 Å². The molecule has 0 aromatic heterocycles. The van der Waals surface area contributed by atoms with Crippen LogP contribution in [0.3, 0.4) is 0 Å². The van der Waals surface area contributed by atoms with Crippen molar-refractivity contribution >= 4 is 35.6 Å². The summed E-state index contributed by atoms with van der Waals surface area (Å²) in [5, 5.41) is 52.4. The van der Waals surface area contributed by atoms with E-state index in [1.165, 1.54) is 31.2 Å². The van der Waals surface area contributed by atoms with E-state index in [4.69, 9.17) is 15.9 Å². The van der Waals surface area contributed by atoms with Crippen LogP contribution < -0.4 is 21.7 Å². The highest BCUT2D eigenvalue weighted by molar-refractivity contribution is 5.96. The Morgan fingerprint density at radius 3 is 1.69 bits per heavy atom. The van der Waals surface area contributed by atoms with Crippen molar-refractivity contribution < 1.29 is 54.3 Å². The summed E-state index contributed by atoms with van der Waals surface area (Å²) >= 11 is 0. The zero-order valence-corrected chi connectivity index (χ0v) is 19.1. The number of phenolic OH excluding ortho intramolecular Hbond substituents is 1. The van der Waals surface area contributed by atoms with Gasteiger partial charge in [-0.05, 0) is 24.6 Å². The number of nitrogens with one attached hydrogen (secondary N) is 3. The fraction of sp³-hybridized carbons (Fsp3) is 0.429. The van der Waals surface area contributed by atoms with Gasteiger partial charge in [-0.2, -0.15) is 0 Å². The molecule has 3 amide bonds. The van der Waals surface area contributed by atoms with Crippen LogP contribution in [0.5, 0.6) is 5.75 Å². The first kappa shape index (κ1) is 29.8. The molecule has 1 rings (SSSR count). The van der Waals surface area contributed by atoms with E-state index < -0.39 is 78.7 Å². The Morgan fingerprint density at radius 1 is 0.778 bits per heavy atom. The second kappa shape index (κ2) is 13.6. The molecule has 0 aliphatic rings. The fourth-order valence-corrected chi connectivity index (χ4v) is 2.87. The Morgan fingerprint density at radius 2 is 1.22 bits per heavy atom. The van der Waals surface area contributed by atoms with E-state index in [0.29, 0.717) is 5.56 Å². The molecule has 0 radical (unpaired) electrons. The Hall–Kier alpha value is -4.24. The number of nitrogens with two attached hydrogens (primary N) is 1. The van der Waals surface area contributed by atoms with Crippen molar-refractivity contribution in [2.75, 3.05) is 0 Å². The number of carbonyl (C=O) groups is 6. The zero-order chi connectivity index (χ0) is 27.6. The van der Waals surface area contributed by atoms with Crippen molar-refractivity contribution in [1.29, 1.82) is 0 Å². The molecule has 1 aromatic carbocycles. The second-order valence-electron chi connectivity index (χ2n) is 7.85. The van der Waals surface area contributed by atoms with Crippen LogP contribution in [0.15, 0.2) is 24.3 Å². The third-order valence-corrected chi connectivity index (χ3v) is 4.84. The molecule has 0 saturated heterocycles. The predicted octanol–water partition coefficient (Wildman–Crippen LogP) is -2.87. The van der Waals surface area contributed by atoms with E-state index in [1.54, 1.807) is 0 Å². The number of amides is 3. The third-order valence-electron chi connectivity index (χ3n) is 4.84. The number of rotatable bonds is 14. The van der Waals surface area contributed by atoms with Crippen molar-refractivity contribution in [3.05, 3.63) is 29.8 Å². The number of aliphatic hydroxyl groups excluding tert-OH is 1. The van der Waals surface area contributed by atoms with Crippen molar-refractivity contribution in [2.24, 2.45) is 5.73 Å². The quantitative estimate of drug-likeness (QED) is 0.122. The van der Waals surface area contributed by atoms with Gasteiger partial charge < -0.3 is 47.2 Å². The Balaban J connectivity index is 3.19. The van der Waals surface area contributed by atoms with Crippen molar-refractivity contribution in [3.63, 3.8) is 0 Å². The number of carboxylic acid groups (broad SMARTS) is 3. The number of carboxylic acids is 3. The minimum Gasteiger partial charge on any atom is -0.508 e. The first-order valence-electron chi connectivity index (χ1n) is 10.5. The summed E-state index contributed by atoms with van der Waals surface area (Å²) in [4.78, 5) is 71.3. The van der Waals surface area contributed by atoms with Crippen molar-refractivity contribution in [2.45, 2.75) is 56.5 Å². The lowest BCUT2D eigenvalue weighted by molar-refractivity contribution is -0.147. The third kappa shape index (κ3) is 9.94. The molecule has 5 unspecified atom stereocenters. The molecule has 15 nitrogen and oxygen atoms in total. The van der Waals surface area contributed by atoms with E-state index >= 15 is 0 Å². The monoisotopic (exact) mass is 512 g/mol. The molecule has 5 atom stereocenters. The number of aromatic hydroxyl groups is 1. The maximum atomic E-state index is 12.8. The first-order valence-corrected chi connectivity index (χ1v) is 10.5. The molecular formula is C21H28N4O11. The number of phenols is 1. The van der Waals surface area contributed by atoms with Crippen LogP contribution in [-0.4, -0.2) is 91.4 Å². The molecule has 0 aliphatic heterocycles. The van der Waals surface area contributed by atoms with Crippen LogP contribution in [0.4, 0.5) is 0 Å². The molecule has 36 heavy (non-hydrogen) atoms. The van der Waals surface area contributed by atoms with Crippen LogP contribution in [0.25, 0.3) is 0 Å². The second-order valence-corrected chi connectivity index (χ2v) is 7.85. The van der Waals surface area contributed by atoms with Crippen LogP contribution in [0.1, 0.15) is 25.3 Å². The van der Waals surface area contributed by atoms with E-state index in [-0.39, 0.29) is 12.2 Å². The minimum absolute atomic E-state index is 0.102. The van der Waals surface area contributed by atoms with E-state index in [1.807, 2.05) is 5.32 Å². The summed E-state index contributed by atoms with van der Waals surface area (Å²) in [5.41, 5.74) is 5.88. The highest BCUT2D eigenvalue weighted by Crippen LogP contribution is 2.12. The fourth-order valence-electron chi connectivity index (χ4n) is 2.87. The van der Waals surface area contributed by atoms with Gasteiger partial charge in [0.2, 0.25) is 17.7 Å². The maximum absolute atomic E-state index is 12.8. The highest BCUT2D eigenvalue weighted by Gasteiger charge is 2.32. The smallest absolute Gasteiger partial charge is 0.326 e. The van der Waals surface area contributed by atoms with Crippen LogP contribution >= 0.6 is 0 Å². The number of aliphatic carboxylic acids is 3.